The number of rotatable bonds is 5. The zero-order valence-electron chi connectivity index (χ0n) is 13.7. The van der Waals surface area contributed by atoms with Gasteiger partial charge < -0.3 is 5.32 Å². The Labute approximate surface area is 140 Å². The Balaban J connectivity index is 1.66. The summed E-state index contributed by atoms with van der Waals surface area (Å²) in [7, 11) is 0. The molecule has 1 amide bonds. The van der Waals surface area contributed by atoms with Gasteiger partial charge in [0.1, 0.15) is 0 Å². The van der Waals surface area contributed by atoms with Gasteiger partial charge >= 0.3 is 0 Å². The summed E-state index contributed by atoms with van der Waals surface area (Å²) in [6.45, 7) is 4.48. The van der Waals surface area contributed by atoms with Gasteiger partial charge in [0.25, 0.3) is 5.91 Å². The van der Waals surface area contributed by atoms with Crippen LogP contribution in [0.5, 0.6) is 0 Å². The summed E-state index contributed by atoms with van der Waals surface area (Å²) in [5.41, 5.74) is 3.57. The van der Waals surface area contributed by atoms with Crippen LogP contribution in [-0.2, 0) is 6.54 Å². The molecule has 3 rings (SSSR count). The van der Waals surface area contributed by atoms with E-state index >= 15 is 0 Å². The summed E-state index contributed by atoms with van der Waals surface area (Å²) in [6, 6.07) is 12.0. The van der Waals surface area contributed by atoms with E-state index in [1.807, 2.05) is 19.1 Å². The van der Waals surface area contributed by atoms with Crippen LogP contribution in [0.2, 0.25) is 0 Å². The minimum atomic E-state index is -0.249. The predicted molar refractivity (Wildman–Crippen MR) is 90.4 cm³/mol. The number of amides is 1. The molecule has 0 aliphatic heterocycles. The number of benzene rings is 1. The molecule has 0 bridgehead atoms. The van der Waals surface area contributed by atoms with Crippen LogP contribution >= 0.6 is 0 Å². The molecule has 6 nitrogen and oxygen atoms in total. The molecule has 1 N–H and O–H groups in total. The summed E-state index contributed by atoms with van der Waals surface area (Å²) in [5, 5.41) is 10.9. The summed E-state index contributed by atoms with van der Waals surface area (Å²) in [5.74, 6) is -0.249. The highest BCUT2D eigenvalue weighted by Gasteiger charge is 2.14. The lowest BCUT2D eigenvalue weighted by atomic mass is 10.1. The van der Waals surface area contributed by atoms with E-state index in [1.54, 1.807) is 23.3 Å². The van der Waals surface area contributed by atoms with E-state index in [-0.39, 0.29) is 11.9 Å². The Hall–Kier alpha value is -3.02. The fraction of sp³-hybridized carbons (Fsp3) is 0.222. The number of nitrogens with zero attached hydrogens (tertiary/aromatic N) is 4. The van der Waals surface area contributed by atoms with E-state index in [9.17, 15) is 4.79 Å². The van der Waals surface area contributed by atoms with Crippen LogP contribution in [0.15, 0.2) is 55.0 Å². The van der Waals surface area contributed by atoms with Crippen molar-refractivity contribution < 1.29 is 4.79 Å². The van der Waals surface area contributed by atoms with Gasteiger partial charge in [-0.3, -0.25) is 9.78 Å². The first kappa shape index (κ1) is 15.9. The fourth-order valence-electron chi connectivity index (χ4n) is 2.34. The summed E-state index contributed by atoms with van der Waals surface area (Å²) < 4.78 is 1.70. The van der Waals surface area contributed by atoms with Crippen LogP contribution in [0.1, 0.15) is 40.1 Å². The first-order valence-electron chi connectivity index (χ1n) is 7.79. The fourth-order valence-corrected chi connectivity index (χ4v) is 2.34. The van der Waals surface area contributed by atoms with Gasteiger partial charge in [-0.15, -0.1) is 5.10 Å². The average Bonchev–Trinajstić information content (AvgIpc) is 3.11. The Morgan fingerprint density at radius 2 is 2.04 bits per heavy atom. The van der Waals surface area contributed by atoms with Crippen molar-refractivity contribution in [3.63, 3.8) is 0 Å². The number of aromatic nitrogens is 4. The molecule has 2 aromatic heterocycles. The molecule has 0 aliphatic carbocycles. The third kappa shape index (κ3) is 3.65. The van der Waals surface area contributed by atoms with Crippen molar-refractivity contribution in [3.05, 3.63) is 77.4 Å². The highest BCUT2D eigenvalue weighted by Crippen LogP contribution is 2.17. The Morgan fingerprint density at radius 3 is 2.75 bits per heavy atom. The Kier molecular flexibility index (Phi) is 4.65. The summed E-state index contributed by atoms with van der Waals surface area (Å²) in [4.78, 5) is 16.2. The van der Waals surface area contributed by atoms with Crippen LogP contribution in [0, 0.1) is 6.92 Å². The topological polar surface area (TPSA) is 72.7 Å². The van der Waals surface area contributed by atoms with E-state index in [4.69, 9.17) is 0 Å². The molecule has 0 saturated carbocycles. The maximum absolute atomic E-state index is 12.2. The van der Waals surface area contributed by atoms with Crippen LogP contribution in [-0.4, -0.2) is 25.9 Å². The lowest BCUT2D eigenvalue weighted by molar-refractivity contribution is 0.0946. The van der Waals surface area contributed by atoms with Crippen LogP contribution in [0.4, 0.5) is 0 Å². The normalized spacial score (nSPS) is 11.9. The predicted octanol–water partition coefficient (Wildman–Crippen LogP) is 2.52. The summed E-state index contributed by atoms with van der Waals surface area (Å²) in [6.07, 6.45) is 5.09. The van der Waals surface area contributed by atoms with Crippen molar-refractivity contribution in [2.75, 3.05) is 0 Å². The monoisotopic (exact) mass is 321 g/mol. The molecule has 0 unspecified atom stereocenters. The number of hydrogen-bond donors (Lipinski definition) is 1. The maximum Gasteiger partial charge on any atom is 0.273 e. The molecule has 2 heterocycles. The quantitative estimate of drug-likeness (QED) is 0.784. The number of nitrogens with one attached hydrogen (secondary N) is 1. The molecular formula is C18H19N5O. The minimum absolute atomic E-state index is 0.0120. The third-order valence-corrected chi connectivity index (χ3v) is 3.88. The highest BCUT2D eigenvalue weighted by molar-refractivity contribution is 5.91. The first-order valence-corrected chi connectivity index (χ1v) is 7.79. The van der Waals surface area contributed by atoms with Crippen LogP contribution in [0.25, 0.3) is 0 Å². The van der Waals surface area contributed by atoms with Gasteiger partial charge in [-0.1, -0.05) is 41.1 Å². The first-order chi connectivity index (χ1) is 11.6. The molecule has 0 aliphatic rings. The third-order valence-electron chi connectivity index (χ3n) is 3.88. The van der Waals surface area contributed by atoms with Crippen LogP contribution in [0.3, 0.4) is 0 Å². The van der Waals surface area contributed by atoms with Crippen molar-refractivity contribution in [1.82, 2.24) is 25.3 Å². The molecule has 0 fully saturated rings. The molecule has 0 saturated heterocycles. The number of hydrogen-bond acceptors (Lipinski definition) is 4. The lowest BCUT2D eigenvalue weighted by Gasteiger charge is -2.11. The molecule has 6 heteroatoms. The maximum atomic E-state index is 12.2. The summed E-state index contributed by atoms with van der Waals surface area (Å²) >= 11 is 0. The van der Waals surface area contributed by atoms with E-state index < -0.39 is 0 Å². The number of aryl methyl sites for hydroxylation is 1. The zero-order valence-corrected chi connectivity index (χ0v) is 13.7. The largest absolute Gasteiger partial charge is 0.346 e. The van der Waals surface area contributed by atoms with Gasteiger partial charge in [0.05, 0.1) is 12.2 Å². The number of carbonyl (C=O) groups excluding carboxylic acids is 1. The smallest absolute Gasteiger partial charge is 0.273 e. The molecule has 0 radical (unpaired) electrons. The van der Waals surface area contributed by atoms with Crippen molar-refractivity contribution in [1.29, 1.82) is 0 Å². The van der Waals surface area contributed by atoms with E-state index in [0.29, 0.717) is 12.2 Å². The molecule has 3 aromatic rings. The standard InChI is InChI=1S/C18H19N5O/c1-13-5-7-16(8-6-13)14(2)23-12-17(21-22-23)18(24)20-11-15-4-3-9-19-10-15/h3-10,12,14H,11H2,1-2H3,(H,20,24)/t14-/m0/s1. The molecule has 24 heavy (non-hydrogen) atoms. The number of carbonyl (C=O) groups is 1. The molecule has 122 valence electrons. The Bertz CT molecular complexity index is 811. The highest BCUT2D eigenvalue weighted by atomic mass is 16.2. The lowest BCUT2D eigenvalue weighted by Crippen LogP contribution is -2.23. The zero-order chi connectivity index (χ0) is 16.9. The molecule has 1 atom stereocenters. The molecular weight excluding hydrogens is 302 g/mol. The SMILES string of the molecule is Cc1ccc([C@H](C)n2cc(C(=O)NCc3cccnc3)nn2)cc1. The van der Waals surface area contributed by atoms with Crippen molar-refractivity contribution in [2.45, 2.75) is 26.4 Å². The van der Waals surface area contributed by atoms with E-state index in [2.05, 4.69) is 51.8 Å². The second-order valence-corrected chi connectivity index (χ2v) is 5.71. The van der Waals surface area contributed by atoms with Gasteiger partial charge in [0.15, 0.2) is 5.69 Å². The van der Waals surface area contributed by atoms with Gasteiger partial charge in [0.2, 0.25) is 0 Å². The average molecular weight is 321 g/mol. The van der Waals surface area contributed by atoms with Gasteiger partial charge in [-0.2, -0.15) is 0 Å². The number of pyridine rings is 1. The second kappa shape index (κ2) is 7.04. The Morgan fingerprint density at radius 1 is 1.25 bits per heavy atom. The van der Waals surface area contributed by atoms with Gasteiger partial charge in [-0.05, 0) is 31.0 Å². The van der Waals surface area contributed by atoms with Crippen molar-refractivity contribution in [3.8, 4) is 0 Å². The van der Waals surface area contributed by atoms with Crippen molar-refractivity contribution >= 4 is 5.91 Å². The molecule has 0 spiro atoms. The minimum Gasteiger partial charge on any atom is -0.346 e. The van der Waals surface area contributed by atoms with Crippen molar-refractivity contribution in [2.24, 2.45) is 0 Å². The molecule has 1 aromatic carbocycles. The van der Waals surface area contributed by atoms with E-state index in [1.165, 1.54) is 5.56 Å². The van der Waals surface area contributed by atoms with E-state index in [0.717, 1.165) is 11.1 Å². The second-order valence-electron chi connectivity index (χ2n) is 5.71. The van der Waals surface area contributed by atoms with Crippen LogP contribution < -0.4 is 5.32 Å². The van der Waals surface area contributed by atoms with Gasteiger partial charge in [-0.25, -0.2) is 4.68 Å². The van der Waals surface area contributed by atoms with Gasteiger partial charge in [0, 0.05) is 18.9 Å².